The summed E-state index contributed by atoms with van der Waals surface area (Å²) >= 11 is 2.53. The Labute approximate surface area is 346 Å². The van der Waals surface area contributed by atoms with Crippen molar-refractivity contribution in [3.8, 4) is 11.1 Å². The fourth-order valence-electron chi connectivity index (χ4n) is 10.7. The molecule has 2 aliphatic carbocycles. The first-order valence-corrected chi connectivity index (χ1v) is 21.0. The standard InChI is InChI=1S/C50H43IN2O4/c1-25-16-37(31-12-8-10-14-33(31)43(25)50(6,7)51)38-17-26(2)44(34-15-11-9-13-32(34)38)52-45(54)39-21-29-19-28-18-27(35(29)23-41(39)46(52)55)20-30-22-40-42(24-36(28)30)48(57)53(47(40)56)49(3,4)5/h8-17,21-24,27-28H,18-20H2,1-7H3. The number of amides is 4. The van der Waals surface area contributed by atoms with Crippen LogP contribution in [-0.4, -0.2) is 34.1 Å². The average molecular weight is 863 g/mol. The van der Waals surface area contributed by atoms with Crippen molar-refractivity contribution in [2.45, 2.75) is 88.5 Å². The highest BCUT2D eigenvalue weighted by Crippen LogP contribution is 2.51. The summed E-state index contributed by atoms with van der Waals surface area (Å²) in [4.78, 5) is 58.9. The SMILES string of the molecule is Cc1cc(-c2cc(C)c(C(C)(C)I)c3ccccc23)c2ccccc2c1N1C(=O)c2cc3c(cc2C1=O)C1Cc2cc4c(cc2C(C3)C1)C(=O)N(C(C)(C)C)C4=O. The van der Waals surface area contributed by atoms with Crippen LogP contribution in [0.2, 0.25) is 0 Å². The Bertz CT molecular complexity index is 2870. The molecule has 2 bridgehead atoms. The van der Waals surface area contributed by atoms with Gasteiger partial charge in [-0.2, -0.15) is 0 Å². The molecule has 7 heteroatoms. The fraction of sp³-hybridized carbons (Fsp3) is 0.280. The van der Waals surface area contributed by atoms with E-state index in [1.807, 2.05) is 70.2 Å². The second kappa shape index (κ2) is 12.2. The van der Waals surface area contributed by atoms with Gasteiger partial charge in [-0.1, -0.05) is 77.2 Å². The van der Waals surface area contributed by atoms with Gasteiger partial charge >= 0.3 is 0 Å². The Balaban J connectivity index is 1.05. The van der Waals surface area contributed by atoms with E-state index in [0.717, 1.165) is 56.1 Å². The van der Waals surface area contributed by atoms with Gasteiger partial charge in [-0.05, 0) is 176 Å². The lowest BCUT2D eigenvalue weighted by Gasteiger charge is -2.38. The van der Waals surface area contributed by atoms with E-state index in [-0.39, 0.29) is 38.9 Å². The van der Waals surface area contributed by atoms with E-state index in [2.05, 4.69) is 85.8 Å². The molecule has 0 spiro atoms. The van der Waals surface area contributed by atoms with Gasteiger partial charge < -0.3 is 0 Å². The van der Waals surface area contributed by atoms with Crippen LogP contribution in [0, 0.1) is 13.8 Å². The molecule has 6 nitrogen and oxygen atoms in total. The van der Waals surface area contributed by atoms with Crippen molar-refractivity contribution in [2.24, 2.45) is 0 Å². The fourth-order valence-corrected chi connectivity index (χ4v) is 11.4. The van der Waals surface area contributed by atoms with E-state index in [1.54, 1.807) is 0 Å². The molecule has 0 saturated heterocycles. The van der Waals surface area contributed by atoms with Crippen LogP contribution in [0.5, 0.6) is 0 Å². The van der Waals surface area contributed by atoms with Gasteiger partial charge in [0.05, 0.1) is 27.9 Å². The van der Waals surface area contributed by atoms with E-state index >= 15 is 0 Å². The van der Waals surface area contributed by atoms with Crippen LogP contribution in [0.3, 0.4) is 0 Å². The number of alkyl halides is 1. The molecule has 4 aliphatic rings. The maximum atomic E-state index is 14.6. The number of fused-ring (bicyclic) bond motifs is 10. The number of aryl methyl sites for hydroxylation is 2. The average Bonchev–Trinajstić information content (AvgIpc) is 3.55. The van der Waals surface area contributed by atoms with Gasteiger partial charge in [0.1, 0.15) is 0 Å². The molecule has 57 heavy (non-hydrogen) atoms. The molecule has 10 rings (SSSR count). The Hall–Kier alpha value is -5.15. The summed E-state index contributed by atoms with van der Waals surface area (Å²) in [6.07, 6.45) is 2.31. The van der Waals surface area contributed by atoms with E-state index in [1.165, 1.54) is 31.7 Å². The van der Waals surface area contributed by atoms with Gasteiger partial charge in [-0.25, -0.2) is 4.90 Å². The number of anilines is 1. The zero-order valence-corrected chi connectivity index (χ0v) is 35.4. The summed E-state index contributed by atoms with van der Waals surface area (Å²) in [5.41, 5.74) is 11.9. The van der Waals surface area contributed by atoms with Crippen LogP contribution >= 0.6 is 22.6 Å². The third-order valence-corrected chi connectivity index (χ3v) is 13.4. The molecule has 2 aliphatic heterocycles. The molecule has 0 N–H and O–H groups in total. The third kappa shape index (κ3) is 5.19. The predicted octanol–water partition coefficient (Wildman–Crippen LogP) is 11.5. The summed E-state index contributed by atoms with van der Waals surface area (Å²) in [6, 6.07) is 29.0. The molecular formula is C50H43IN2O4. The monoisotopic (exact) mass is 862 g/mol. The Morgan fingerprint density at radius 2 is 0.982 bits per heavy atom. The van der Waals surface area contributed by atoms with Crippen molar-refractivity contribution in [3.63, 3.8) is 0 Å². The minimum atomic E-state index is -0.619. The highest BCUT2D eigenvalue weighted by Gasteiger charge is 2.46. The lowest BCUT2D eigenvalue weighted by Crippen LogP contribution is -2.45. The van der Waals surface area contributed by atoms with Gasteiger partial charge in [0.2, 0.25) is 0 Å². The maximum Gasteiger partial charge on any atom is 0.266 e. The van der Waals surface area contributed by atoms with Crippen molar-refractivity contribution in [1.82, 2.24) is 4.90 Å². The van der Waals surface area contributed by atoms with Crippen molar-refractivity contribution >= 4 is 73.5 Å². The first-order chi connectivity index (χ1) is 27.0. The predicted molar refractivity (Wildman–Crippen MR) is 235 cm³/mol. The first-order valence-electron chi connectivity index (χ1n) is 19.9. The van der Waals surface area contributed by atoms with E-state index in [9.17, 15) is 19.2 Å². The zero-order valence-electron chi connectivity index (χ0n) is 33.3. The topological polar surface area (TPSA) is 74.8 Å². The van der Waals surface area contributed by atoms with Crippen LogP contribution in [-0.2, 0) is 16.3 Å². The summed E-state index contributed by atoms with van der Waals surface area (Å²) in [6.45, 7) is 14.3. The highest BCUT2D eigenvalue weighted by atomic mass is 127. The van der Waals surface area contributed by atoms with Crippen molar-refractivity contribution < 1.29 is 19.2 Å². The quantitative estimate of drug-likeness (QED) is 0.101. The van der Waals surface area contributed by atoms with Crippen LogP contribution in [0.4, 0.5) is 5.69 Å². The number of carbonyl (C=O) groups excluding carboxylic acids is 4. The maximum absolute atomic E-state index is 14.6. The summed E-state index contributed by atoms with van der Waals surface area (Å²) < 4.78 is -0.0648. The van der Waals surface area contributed by atoms with Crippen LogP contribution in [0.25, 0.3) is 32.7 Å². The van der Waals surface area contributed by atoms with Crippen molar-refractivity contribution in [2.75, 3.05) is 4.90 Å². The Kier molecular flexibility index (Phi) is 7.74. The van der Waals surface area contributed by atoms with E-state index in [0.29, 0.717) is 40.8 Å². The number of hydrogen-bond donors (Lipinski definition) is 0. The smallest absolute Gasteiger partial charge is 0.266 e. The van der Waals surface area contributed by atoms with Crippen molar-refractivity contribution in [3.05, 3.63) is 146 Å². The number of benzene rings is 6. The molecule has 4 amide bonds. The Morgan fingerprint density at radius 1 is 0.544 bits per heavy atom. The summed E-state index contributed by atoms with van der Waals surface area (Å²) in [5.74, 6) is -0.768. The van der Waals surface area contributed by atoms with Crippen LogP contribution < -0.4 is 4.90 Å². The lowest BCUT2D eigenvalue weighted by molar-refractivity contribution is 0.0507. The molecule has 6 aromatic rings. The number of nitrogens with zero attached hydrogens (tertiary/aromatic N) is 2. The number of hydrogen-bond acceptors (Lipinski definition) is 4. The van der Waals surface area contributed by atoms with Gasteiger partial charge in [0.25, 0.3) is 23.6 Å². The summed E-state index contributed by atoms with van der Waals surface area (Å²) in [7, 11) is 0. The van der Waals surface area contributed by atoms with Gasteiger partial charge in [-0.3, -0.25) is 24.1 Å². The number of rotatable bonds is 3. The van der Waals surface area contributed by atoms with E-state index in [4.69, 9.17) is 0 Å². The number of imide groups is 2. The highest BCUT2D eigenvalue weighted by molar-refractivity contribution is 14.1. The molecule has 2 atom stereocenters. The second-order valence-electron chi connectivity index (χ2n) is 18.1. The molecule has 0 aromatic heterocycles. The molecule has 2 heterocycles. The minimum Gasteiger partial charge on any atom is -0.269 e. The largest absolute Gasteiger partial charge is 0.269 e. The zero-order chi connectivity index (χ0) is 40.0. The van der Waals surface area contributed by atoms with E-state index < -0.39 is 5.54 Å². The number of carbonyl (C=O) groups is 4. The Morgan fingerprint density at radius 3 is 1.51 bits per heavy atom. The molecule has 6 aromatic carbocycles. The van der Waals surface area contributed by atoms with Gasteiger partial charge in [0.15, 0.2) is 0 Å². The van der Waals surface area contributed by atoms with Crippen LogP contribution in [0.15, 0.2) is 84.9 Å². The van der Waals surface area contributed by atoms with Gasteiger partial charge in [-0.15, -0.1) is 0 Å². The molecule has 0 radical (unpaired) electrons. The second-order valence-corrected chi connectivity index (χ2v) is 20.8. The van der Waals surface area contributed by atoms with Crippen molar-refractivity contribution in [1.29, 1.82) is 0 Å². The normalized spacial score (nSPS) is 18.7. The molecule has 0 fully saturated rings. The number of halogens is 1. The molecule has 284 valence electrons. The molecule has 0 saturated carbocycles. The first kappa shape index (κ1) is 36.2. The lowest BCUT2D eigenvalue weighted by atomic mass is 9.66. The molecule has 2 unspecified atom stereocenters. The molecular weight excluding hydrogens is 819 g/mol. The van der Waals surface area contributed by atoms with Crippen LogP contribution in [0.1, 0.15) is 133 Å². The van der Waals surface area contributed by atoms with Gasteiger partial charge in [0, 0.05) is 14.3 Å². The third-order valence-electron chi connectivity index (χ3n) is 12.9. The minimum absolute atomic E-state index is 0.0648. The summed E-state index contributed by atoms with van der Waals surface area (Å²) in [5, 5.41) is 4.25.